The van der Waals surface area contributed by atoms with Crippen molar-refractivity contribution in [1.29, 1.82) is 5.26 Å². The fourth-order valence-electron chi connectivity index (χ4n) is 4.57. The van der Waals surface area contributed by atoms with Gasteiger partial charge in [0.05, 0.1) is 17.7 Å². The molecule has 5 nitrogen and oxygen atoms in total. The van der Waals surface area contributed by atoms with Crippen molar-refractivity contribution in [1.82, 2.24) is 4.90 Å². The van der Waals surface area contributed by atoms with E-state index < -0.39 is 0 Å². The zero-order valence-corrected chi connectivity index (χ0v) is 17.1. The van der Waals surface area contributed by atoms with Gasteiger partial charge in [0.1, 0.15) is 11.9 Å². The van der Waals surface area contributed by atoms with Crippen molar-refractivity contribution in [3.63, 3.8) is 0 Å². The lowest BCUT2D eigenvalue weighted by Crippen LogP contribution is -2.45. The molecule has 1 saturated carbocycles. The van der Waals surface area contributed by atoms with Crippen molar-refractivity contribution in [2.24, 2.45) is 17.8 Å². The normalized spacial score (nSPS) is 28.1. The average molecular weight is 383 g/mol. The molecule has 1 aliphatic carbocycles. The molecule has 150 valence electrons. The summed E-state index contributed by atoms with van der Waals surface area (Å²) in [6, 6.07) is 8.92. The molecule has 1 aliphatic heterocycles. The number of ether oxygens (including phenoxy) is 1. The van der Waals surface area contributed by atoms with Crippen LogP contribution in [0.1, 0.15) is 70.0 Å². The first-order valence-corrected chi connectivity index (χ1v) is 10.4. The number of piperidine rings is 1. The molecule has 1 saturated heterocycles. The number of rotatable bonds is 3. The molecule has 0 bridgehead atoms. The molecule has 0 N–H and O–H groups in total. The topological polar surface area (TPSA) is 70.4 Å². The number of nitriles is 1. The largest absolute Gasteiger partial charge is 0.446 e. The van der Waals surface area contributed by atoms with Gasteiger partial charge in [-0.2, -0.15) is 5.26 Å². The molecule has 0 aromatic heterocycles. The Labute approximate surface area is 167 Å². The summed E-state index contributed by atoms with van der Waals surface area (Å²) < 4.78 is 6.03. The average Bonchev–Trinajstić information content (AvgIpc) is 2.67. The van der Waals surface area contributed by atoms with E-state index in [2.05, 4.69) is 26.8 Å². The number of nitrogens with zero attached hydrogens (tertiary/aromatic N) is 2. The van der Waals surface area contributed by atoms with E-state index in [0.717, 1.165) is 18.4 Å². The standard InChI is InChI=1S/C23H30N2O3/c1-15(2)20-9-4-16(3)12-22(20)28-23(27)25-11-10-19(26)13-21(25)18-7-5-17(14-24)6-8-18/h5-8,15-16,20-22H,4,9-13H2,1-3H3/t16-,20+,21+,22-/m1/s1. The van der Waals surface area contributed by atoms with Crippen molar-refractivity contribution in [3.05, 3.63) is 35.4 Å². The van der Waals surface area contributed by atoms with E-state index in [1.807, 2.05) is 12.1 Å². The van der Waals surface area contributed by atoms with Crippen LogP contribution in [0.2, 0.25) is 0 Å². The summed E-state index contributed by atoms with van der Waals surface area (Å²) in [4.78, 5) is 26.9. The number of carbonyl (C=O) groups is 2. The van der Waals surface area contributed by atoms with Gasteiger partial charge in [-0.1, -0.05) is 39.3 Å². The van der Waals surface area contributed by atoms with Gasteiger partial charge in [-0.05, 0) is 48.3 Å². The van der Waals surface area contributed by atoms with E-state index in [1.165, 1.54) is 6.42 Å². The molecule has 2 fully saturated rings. The predicted molar refractivity (Wildman–Crippen MR) is 106 cm³/mol. The Morgan fingerprint density at radius 3 is 2.61 bits per heavy atom. The number of Topliss-reactive ketones (excluding diaryl/α,β-unsaturated/α-hetero) is 1. The van der Waals surface area contributed by atoms with Crippen molar-refractivity contribution in [3.8, 4) is 6.07 Å². The smallest absolute Gasteiger partial charge is 0.410 e. The first kappa shape index (κ1) is 20.4. The van der Waals surface area contributed by atoms with Crippen molar-refractivity contribution < 1.29 is 14.3 Å². The van der Waals surface area contributed by atoms with E-state index in [4.69, 9.17) is 10.00 Å². The maximum Gasteiger partial charge on any atom is 0.410 e. The third-order valence-electron chi connectivity index (χ3n) is 6.30. The highest BCUT2D eigenvalue weighted by atomic mass is 16.6. The van der Waals surface area contributed by atoms with Crippen LogP contribution in [0, 0.1) is 29.1 Å². The number of hydrogen-bond donors (Lipinski definition) is 0. The minimum atomic E-state index is -0.319. The van der Waals surface area contributed by atoms with Gasteiger partial charge in [0, 0.05) is 19.4 Å². The molecule has 28 heavy (non-hydrogen) atoms. The van der Waals surface area contributed by atoms with Crippen molar-refractivity contribution in [2.45, 2.75) is 65.0 Å². The summed E-state index contributed by atoms with van der Waals surface area (Å²) in [5.74, 6) is 1.58. The Morgan fingerprint density at radius 2 is 1.96 bits per heavy atom. The zero-order valence-electron chi connectivity index (χ0n) is 17.1. The molecular formula is C23H30N2O3. The minimum Gasteiger partial charge on any atom is -0.446 e. The molecule has 1 aromatic rings. The first-order chi connectivity index (χ1) is 13.4. The first-order valence-electron chi connectivity index (χ1n) is 10.4. The Bertz CT molecular complexity index is 750. The van der Waals surface area contributed by atoms with Gasteiger partial charge in [-0.3, -0.25) is 4.79 Å². The molecular weight excluding hydrogens is 352 g/mol. The van der Waals surface area contributed by atoms with Gasteiger partial charge in [-0.25, -0.2) is 4.79 Å². The fraction of sp³-hybridized carbons (Fsp3) is 0.609. The number of carbonyl (C=O) groups excluding carboxylic acids is 2. The summed E-state index contributed by atoms with van der Waals surface area (Å²) in [7, 11) is 0. The summed E-state index contributed by atoms with van der Waals surface area (Å²) in [6.07, 6.45) is 3.48. The van der Waals surface area contributed by atoms with Crippen LogP contribution in [0.4, 0.5) is 4.79 Å². The van der Waals surface area contributed by atoms with Crippen LogP contribution in [-0.2, 0) is 9.53 Å². The van der Waals surface area contributed by atoms with E-state index in [-0.39, 0.29) is 24.0 Å². The SMILES string of the molecule is CC(C)[C@@H]1CC[C@@H](C)C[C@H]1OC(=O)N1CCC(=O)C[C@H]1c1ccc(C#N)cc1. The van der Waals surface area contributed by atoms with Gasteiger partial charge >= 0.3 is 6.09 Å². The van der Waals surface area contributed by atoms with Crippen molar-refractivity contribution >= 4 is 11.9 Å². The van der Waals surface area contributed by atoms with Crippen LogP contribution in [0.3, 0.4) is 0 Å². The number of amides is 1. The predicted octanol–water partition coefficient (Wildman–Crippen LogP) is 4.86. The van der Waals surface area contributed by atoms with Gasteiger partial charge in [0.2, 0.25) is 0 Å². The second-order valence-corrected chi connectivity index (χ2v) is 8.68. The lowest BCUT2D eigenvalue weighted by atomic mass is 9.75. The van der Waals surface area contributed by atoms with Crippen LogP contribution < -0.4 is 0 Å². The summed E-state index contributed by atoms with van der Waals surface area (Å²) in [5, 5.41) is 9.01. The molecule has 1 heterocycles. The Morgan fingerprint density at radius 1 is 1.25 bits per heavy atom. The lowest BCUT2D eigenvalue weighted by Gasteiger charge is -2.40. The lowest BCUT2D eigenvalue weighted by molar-refractivity contribution is -0.123. The Hall–Kier alpha value is -2.35. The third kappa shape index (κ3) is 4.55. The number of benzene rings is 1. The molecule has 5 heteroatoms. The minimum absolute atomic E-state index is 0.0597. The molecule has 0 unspecified atom stereocenters. The van der Waals surface area contributed by atoms with Crippen LogP contribution >= 0.6 is 0 Å². The van der Waals surface area contributed by atoms with Crippen LogP contribution in [-0.4, -0.2) is 29.4 Å². The zero-order chi connectivity index (χ0) is 20.3. The molecule has 3 rings (SSSR count). The van der Waals surface area contributed by atoms with E-state index in [0.29, 0.717) is 42.7 Å². The van der Waals surface area contributed by atoms with E-state index >= 15 is 0 Å². The third-order valence-corrected chi connectivity index (χ3v) is 6.30. The molecule has 1 aromatic carbocycles. The monoisotopic (exact) mass is 382 g/mol. The van der Waals surface area contributed by atoms with Gasteiger partial charge < -0.3 is 9.64 Å². The van der Waals surface area contributed by atoms with E-state index in [9.17, 15) is 9.59 Å². The molecule has 4 atom stereocenters. The van der Waals surface area contributed by atoms with Crippen LogP contribution in [0.15, 0.2) is 24.3 Å². The molecule has 2 aliphatic rings. The second kappa shape index (κ2) is 8.77. The number of ketones is 1. The second-order valence-electron chi connectivity index (χ2n) is 8.68. The number of likely N-dealkylation sites (tertiary alicyclic amines) is 1. The van der Waals surface area contributed by atoms with Gasteiger partial charge in [-0.15, -0.1) is 0 Å². The van der Waals surface area contributed by atoms with Gasteiger partial charge in [0.15, 0.2) is 0 Å². The summed E-state index contributed by atoms with van der Waals surface area (Å²) >= 11 is 0. The summed E-state index contributed by atoms with van der Waals surface area (Å²) in [5.41, 5.74) is 1.44. The highest BCUT2D eigenvalue weighted by Crippen LogP contribution is 2.37. The van der Waals surface area contributed by atoms with Crippen LogP contribution in [0.25, 0.3) is 0 Å². The maximum atomic E-state index is 13.1. The van der Waals surface area contributed by atoms with Crippen molar-refractivity contribution in [2.75, 3.05) is 6.54 Å². The maximum absolute atomic E-state index is 13.1. The van der Waals surface area contributed by atoms with Gasteiger partial charge in [0.25, 0.3) is 0 Å². The van der Waals surface area contributed by atoms with Crippen LogP contribution in [0.5, 0.6) is 0 Å². The highest BCUT2D eigenvalue weighted by molar-refractivity contribution is 5.82. The van der Waals surface area contributed by atoms with E-state index in [1.54, 1.807) is 17.0 Å². The molecule has 0 radical (unpaired) electrons. The quantitative estimate of drug-likeness (QED) is 0.748. The number of hydrogen-bond acceptors (Lipinski definition) is 4. The Kier molecular flexibility index (Phi) is 6.39. The highest BCUT2D eigenvalue weighted by Gasteiger charge is 2.37. The summed E-state index contributed by atoms with van der Waals surface area (Å²) in [6.45, 7) is 6.99. The molecule has 0 spiro atoms. The fourth-order valence-corrected chi connectivity index (χ4v) is 4.57. The molecule has 1 amide bonds. The Balaban J connectivity index is 1.77.